The van der Waals surface area contributed by atoms with Gasteiger partial charge in [-0.05, 0) is 82.1 Å². The predicted octanol–water partition coefficient (Wildman–Crippen LogP) is 5.83. The van der Waals surface area contributed by atoms with Gasteiger partial charge in [0.05, 0.1) is 17.7 Å². The molecule has 0 saturated heterocycles. The van der Waals surface area contributed by atoms with E-state index in [9.17, 15) is 35.9 Å². The van der Waals surface area contributed by atoms with Crippen LogP contribution in [0.5, 0.6) is 5.75 Å². The molecule has 2 atom stereocenters. The van der Waals surface area contributed by atoms with Crippen LogP contribution in [0.1, 0.15) is 69.2 Å². The average Bonchev–Trinajstić information content (AvgIpc) is 3.26. The van der Waals surface area contributed by atoms with Crippen molar-refractivity contribution in [3.05, 3.63) is 64.7 Å². The van der Waals surface area contributed by atoms with Gasteiger partial charge < -0.3 is 24.6 Å². The Morgan fingerprint density at radius 3 is 2.11 bits per heavy atom. The average molecular weight is 633 g/mol. The number of ether oxygens (including phenoxy) is 3. The van der Waals surface area contributed by atoms with Crippen LogP contribution in [-0.2, 0) is 38.0 Å². The summed E-state index contributed by atoms with van der Waals surface area (Å²) in [5, 5.41) is 11.3. The first kappa shape index (κ1) is 34.7. The first-order valence-corrected chi connectivity index (χ1v) is 13.7. The molecule has 8 nitrogen and oxygen atoms in total. The minimum absolute atomic E-state index is 0.0000539. The third-order valence-corrected chi connectivity index (χ3v) is 6.56. The summed E-state index contributed by atoms with van der Waals surface area (Å²) in [6.45, 7) is 6.06. The topological polar surface area (TPSA) is 106 Å². The van der Waals surface area contributed by atoms with Crippen LogP contribution in [0.4, 0.5) is 26.3 Å². The van der Waals surface area contributed by atoms with Crippen LogP contribution in [-0.4, -0.2) is 53.3 Å². The number of carbonyl (C=O) groups is 2. The summed E-state index contributed by atoms with van der Waals surface area (Å²) in [6.07, 6.45) is -11.2. The summed E-state index contributed by atoms with van der Waals surface area (Å²) in [6, 6.07) is 7.52. The van der Waals surface area contributed by atoms with Crippen molar-refractivity contribution >= 4 is 17.8 Å². The summed E-state index contributed by atoms with van der Waals surface area (Å²) in [4.78, 5) is 30.7. The Bertz CT molecular complexity index is 1320. The molecule has 2 aromatic rings. The molecule has 0 radical (unpaired) electrons. The largest absolute Gasteiger partial charge is 0.494 e. The number of nitrogens with one attached hydrogen (secondary N) is 1. The van der Waals surface area contributed by atoms with E-state index in [1.165, 1.54) is 6.92 Å². The molecule has 0 fully saturated rings. The fourth-order valence-corrected chi connectivity index (χ4v) is 4.39. The highest BCUT2D eigenvalue weighted by Gasteiger charge is 2.50. The maximum atomic E-state index is 13.7. The Labute approximate surface area is 250 Å². The Balaban J connectivity index is 1.91. The number of hydrogen-bond donors (Lipinski definition) is 2. The quantitative estimate of drug-likeness (QED) is 0.184. The van der Waals surface area contributed by atoms with Gasteiger partial charge in [-0.2, -0.15) is 26.3 Å². The van der Waals surface area contributed by atoms with Gasteiger partial charge in [-0.1, -0.05) is 0 Å². The smallest absolute Gasteiger partial charge is 0.416 e. The molecule has 0 saturated carbocycles. The number of carbonyl (C=O) groups excluding carboxylic acids is 2. The Morgan fingerprint density at radius 1 is 1.00 bits per heavy atom. The number of esters is 1. The molecule has 2 N–H and O–H groups in total. The van der Waals surface area contributed by atoms with Crippen LogP contribution in [0.25, 0.3) is 0 Å². The second-order valence-electron chi connectivity index (χ2n) is 11.2. The van der Waals surface area contributed by atoms with Gasteiger partial charge in [0.2, 0.25) is 5.90 Å². The lowest BCUT2D eigenvalue weighted by atomic mass is 9.87. The summed E-state index contributed by atoms with van der Waals surface area (Å²) in [7, 11) is 0. The first-order valence-electron chi connectivity index (χ1n) is 13.7. The second-order valence-corrected chi connectivity index (χ2v) is 11.2. The minimum atomic E-state index is -5.05. The van der Waals surface area contributed by atoms with Crippen LogP contribution in [0.3, 0.4) is 0 Å². The number of rotatable bonds is 11. The molecule has 0 aliphatic carbocycles. The number of amides is 1. The zero-order valence-electron chi connectivity index (χ0n) is 24.6. The number of aliphatic imine (C=N–C) groups is 1. The molecule has 2 aromatic carbocycles. The Hall–Kier alpha value is -3.81. The molecule has 0 bridgehead atoms. The molecule has 242 valence electrons. The molecule has 44 heavy (non-hydrogen) atoms. The second kappa shape index (κ2) is 13.4. The molecule has 1 heterocycles. The number of aliphatic hydroxyl groups is 1. The van der Waals surface area contributed by atoms with Crippen molar-refractivity contribution in [3.63, 3.8) is 0 Å². The van der Waals surface area contributed by atoms with E-state index in [1.807, 2.05) is 0 Å². The van der Waals surface area contributed by atoms with Crippen LogP contribution >= 0.6 is 0 Å². The van der Waals surface area contributed by atoms with E-state index < -0.39 is 64.7 Å². The fourth-order valence-electron chi connectivity index (χ4n) is 4.39. The molecular weight excluding hydrogens is 598 g/mol. The molecule has 3 rings (SSSR count). The first-order chi connectivity index (χ1) is 20.3. The SMILES string of the molecule is C[C@H]1OC(c2ccc(OCCCO)cc2)=N[C@@]1(CCC(=O)OC(C)(C)C)C(=O)NCc1cc(C(F)(F)F)cc(C(F)(F)F)c1. The molecule has 1 aliphatic rings. The van der Waals surface area contributed by atoms with E-state index in [4.69, 9.17) is 19.3 Å². The highest BCUT2D eigenvalue weighted by molar-refractivity contribution is 6.00. The van der Waals surface area contributed by atoms with Gasteiger partial charge >= 0.3 is 18.3 Å². The third-order valence-electron chi connectivity index (χ3n) is 6.56. The lowest BCUT2D eigenvalue weighted by Crippen LogP contribution is -2.51. The molecule has 14 heteroatoms. The van der Waals surface area contributed by atoms with Crippen molar-refractivity contribution in [2.45, 2.75) is 83.1 Å². The third kappa shape index (κ3) is 9.10. The lowest BCUT2D eigenvalue weighted by molar-refractivity contribution is -0.155. The van der Waals surface area contributed by atoms with Crippen molar-refractivity contribution in [3.8, 4) is 5.75 Å². The van der Waals surface area contributed by atoms with Crippen LogP contribution in [0.15, 0.2) is 47.5 Å². The highest BCUT2D eigenvalue weighted by atomic mass is 19.4. The van der Waals surface area contributed by atoms with Crippen LogP contribution in [0, 0.1) is 0 Å². The maximum absolute atomic E-state index is 13.7. The monoisotopic (exact) mass is 632 g/mol. The van der Waals surface area contributed by atoms with Gasteiger partial charge in [0.15, 0.2) is 5.54 Å². The molecule has 0 aromatic heterocycles. The van der Waals surface area contributed by atoms with E-state index in [0.717, 1.165) is 0 Å². The van der Waals surface area contributed by atoms with E-state index >= 15 is 0 Å². The highest BCUT2D eigenvalue weighted by Crippen LogP contribution is 2.37. The number of alkyl halides is 6. The van der Waals surface area contributed by atoms with Gasteiger partial charge in [0, 0.05) is 31.6 Å². The molecule has 0 spiro atoms. The van der Waals surface area contributed by atoms with Crippen LogP contribution < -0.4 is 10.1 Å². The standard InChI is InChI=1S/C30H34F6N2O6/c1-18-28(11-10-24(40)44-27(2,3)4,38-25(43-18)20-6-8-23(9-7-20)42-13-5-12-39)26(41)37-17-19-14-21(29(31,32)33)16-22(15-19)30(34,35)36/h6-9,14-16,18,39H,5,10-13,17H2,1-4H3,(H,37,41)/t18-,28-/m1/s1. The maximum Gasteiger partial charge on any atom is 0.416 e. The number of halogens is 6. The van der Waals surface area contributed by atoms with Crippen molar-refractivity contribution in [2.24, 2.45) is 4.99 Å². The normalized spacial score (nSPS) is 18.8. The van der Waals surface area contributed by atoms with Gasteiger partial charge in [0.1, 0.15) is 17.5 Å². The van der Waals surface area contributed by atoms with Gasteiger partial charge in [-0.15, -0.1) is 0 Å². The Morgan fingerprint density at radius 2 is 1.59 bits per heavy atom. The Kier molecular flexibility index (Phi) is 10.6. The van der Waals surface area contributed by atoms with Gasteiger partial charge in [-0.3, -0.25) is 9.59 Å². The predicted molar refractivity (Wildman–Crippen MR) is 147 cm³/mol. The zero-order chi connectivity index (χ0) is 32.9. The molecule has 1 amide bonds. The zero-order valence-corrected chi connectivity index (χ0v) is 24.6. The molecule has 0 unspecified atom stereocenters. The van der Waals surface area contributed by atoms with E-state index in [-0.39, 0.29) is 38.0 Å². The van der Waals surface area contributed by atoms with Crippen molar-refractivity contribution < 1.29 is 55.2 Å². The van der Waals surface area contributed by atoms with Crippen molar-refractivity contribution in [1.29, 1.82) is 0 Å². The number of hydrogen-bond acceptors (Lipinski definition) is 7. The fraction of sp³-hybridized carbons (Fsp3) is 0.500. The summed E-state index contributed by atoms with van der Waals surface area (Å²) in [5.41, 5.74) is -5.60. The van der Waals surface area contributed by atoms with Gasteiger partial charge in [-0.25, -0.2) is 4.99 Å². The van der Waals surface area contributed by atoms with Crippen molar-refractivity contribution in [1.82, 2.24) is 5.32 Å². The van der Waals surface area contributed by atoms with E-state index in [1.54, 1.807) is 45.0 Å². The van der Waals surface area contributed by atoms with Crippen LogP contribution in [0.2, 0.25) is 0 Å². The van der Waals surface area contributed by atoms with E-state index in [0.29, 0.717) is 29.9 Å². The number of benzene rings is 2. The lowest BCUT2D eigenvalue weighted by Gasteiger charge is -2.28. The summed E-state index contributed by atoms with van der Waals surface area (Å²) in [5.74, 6) is -0.963. The summed E-state index contributed by atoms with van der Waals surface area (Å²) < 4.78 is 96.8. The number of nitrogens with zero attached hydrogens (tertiary/aromatic N) is 1. The summed E-state index contributed by atoms with van der Waals surface area (Å²) >= 11 is 0. The number of aliphatic hydroxyl groups excluding tert-OH is 1. The minimum Gasteiger partial charge on any atom is -0.494 e. The van der Waals surface area contributed by atoms with E-state index in [2.05, 4.69) is 10.3 Å². The van der Waals surface area contributed by atoms with Gasteiger partial charge in [0.25, 0.3) is 5.91 Å². The van der Waals surface area contributed by atoms with Crippen molar-refractivity contribution in [2.75, 3.05) is 13.2 Å². The molecular formula is C30H34F6N2O6. The molecule has 1 aliphatic heterocycles.